The molecule has 0 radical (unpaired) electrons. The van der Waals surface area contributed by atoms with Gasteiger partial charge in [-0.1, -0.05) is 59.1 Å². The third-order valence-corrected chi connectivity index (χ3v) is 9.89. The van der Waals surface area contributed by atoms with Gasteiger partial charge >= 0.3 is 12.2 Å². The number of imidazole rings is 1. The van der Waals surface area contributed by atoms with Gasteiger partial charge in [0, 0.05) is 12.2 Å². The molecule has 0 saturated heterocycles. The maximum absolute atomic E-state index is 13.4. The number of halogens is 4. The van der Waals surface area contributed by atoms with Crippen molar-refractivity contribution in [1.82, 2.24) is 19.6 Å². The van der Waals surface area contributed by atoms with Crippen LogP contribution in [0, 0.1) is 13.8 Å². The normalized spacial score (nSPS) is 12.3. The summed E-state index contributed by atoms with van der Waals surface area (Å²) in [5.41, 5.74) is 0.949. The molecule has 0 fully saturated rings. The van der Waals surface area contributed by atoms with E-state index in [1.165, 1.54) is 48.7 Å². The Hall–Kier alpha value is -4.48. The second-order valence-electron chi connectivity index (χ2n) is 12.0. The van der Waals surface area contributed by atoms with E-state index < -0.39 is 48.5 Å². The molecule has 51 heavy (non-hydrogen) atoms. The largest absolute Gasteiger partial charge is 0.417 e. The van der Waals surface area contributed by atoms with Gasteiger partial charge in [0.25, 0.3) is 20.1 Å². The van der Waals surface area contributed by atoms with Crippen molar-refractivity contribution in [2.24, 2.45) is 0 Å². The first-order valence-electron chi connectivity index (χ1n) is 15.1. The molecule has 17 heteroatoms. The molecule has 4 aromatic carbocycles. The minimum Gasteiger partial charge on any atom is -0.382 e. The molecular formula is C34H34ClF3N4O7S2. The molecule has 0 saturated carbocycles. The van der Waals surface area contributed by atoms with Crippen molar-refractivity contribution >= 4 is 48.8 Å². The van der Waals surface area contributed by atoms with E-state index in [0.29, 0.717) is 12.1 Å². The van der Waals surface area contributed by atoms with E-state index >= 15 is 0 Å². The molecule has 0 aliphatic heterocycles. The van der Waals surface area contributed by atoms with Crippen LogP contribution in [-0.4, -0.2) is 48.6 Å². The molecule has 0 spiro atoms. The highest BCUT2D eigenvalue weighted by Crippen LogP contribution is 2.39. The third-order valence-electron chi connectivity index (χ3n) is 7.37. The summed E-state index contributed by atoms with van der Waals surface area (Å²) < 4.78 is 97.9. The molecule has 0 atom stereocenters. The summed E-state index contributed by atoms with van der Waals surface area (Å²) in [6.45, 7) is 6.74. The highest BCUT2D eigenvalue weighted by atomic mass is 35.5. The molecule has 5 aromatic rings. The summed E-state index contributed by atoms with van der Waals surface area (Å²) >= 11 is 5.96. The van der Waals surface area contributed by atoms with Gasteiger partial charge in [0.05, 0.1) is 31.4 Å². The SMILES string of the molecule is Cc1ccc(S(=O)(=O)NC(=O)NCCc2ccc(-n3c(C(C)(C)O)nc4cc(C(F)(F)F)c(Cl)cc43)cc2)cc1.Cc1ccc(S(=O)(=O)O)cc1. The number of sulfonamides is 1. The number of hydrogen-bond donors (Lipinski definition) is 4. The first-order valence-corrected chi connectivity index (χ1v) is 18.4. The molecule has 5 rings (SSSR count). The van der Waals surface area contributed by atoms with Gasteiger partial charge in [-0.2, -0.15) is 21.6 Å². The number of rotatable bonds is 8. The van der Waals surface area contributed by atoms with Gasteiger partial charge in [0.2, 0.25) is 0 Å². The lowest BCUT2D eigenvalue weighted by molar-refractivity contribution is -0.137. The van der Waals surface area contributed by atoms with Crippen molar-refractivity contribution in [2.45, 2.75) is 55.7 Å². The van der Waals surface area contributed by atoms with Gasteiger partial charge in [-0.3, -0.25) is 9.12 Å². The molecule has 0 unspecified atom stereocenters. The molecule has 0 bridgehead atoms. The number of urea groups is 1. The quantitative estimate of drug-likeness (QED) is 0.127. The number of nitrogens with one attached hydrogen (secondary N) is 2. The van der Waals surface area contributed by atoms with Crippen LogP contribution >= 0.6 is 11.6 Å². The minimum atomic E-state index is -4.67. The van der Waals surface area contributed by atoms with Crippen molar-refractivity contribution in [3.05, 3.63) is 118 Å². The lowest BCUT2D eigenvalue weighted by Crippen LogP contribution is -2.40. The lowest BCUT2D eigenvalue weighted by atomic mass is 10.1. The Morgan fingerprint density at radius 3 is 1.88 bits per heavy atom. The second-order valence-corrected chi connectivity index (χ2v) is 15.5. The summed E-state index contributed by atoms with van der Waals surface area (Å²) in [4.78, 5) is 16.3. The standard InChI is InChI=1S/C27H26ClF3N4O4S.C7H8O3S/c1-16-4-10-19(11-5-16)40(38,39)34-25(36)32-13-12-17-6-8-18(9-7-17)35-23-15-21(28)20(27(29,30)31)14-22(23)33-24(35)26(2,3)37;1-6-2-4-7(5-3-6)11(8,9)10/h4-11,14-15,37H,12-13H2,1-3H3,(H2,32,34,36);2-5H,1H3,(H,8,9,10). The fraction of sp³-hybridized carbons (Fsp3) is 0.235. The molecular weight excluding hydrogens is 733 g/mol. The Labute approximate surface area is 297 Å². The number of nitrogens with zero attached hydrogens (tertiary/aromatic N) is 2. The lowest BCUT2D eigenvalue weighted by Gasteiger charge is -2.19. The summed E-state index contributed by atoms with van der Waals surface area (Å²) in [5, 5.41) is 12.7. The maximum atomic E-state index is 13.4. The van der Waals surface area contributed by atoms with E-state index in [1.807, 2.05) is 18.6 Å². The summed E-state index contributed by atoms with van der Waals surface area (Å²) in [6.07, 6.45) is -4.30. The number of aryl methyl sites for hydroxylation is 2. The first-order chi connectivity index (χ1) is 23.6. The van der Waals surface area contributed by atoms with Gasteiger partial charge in [0.1, 0.15) is 11.4 Å². The Kier molecular flexibility index (Phi) is 11.6. The molecule has 4 N–H and O–H groups in total. The van der Waals surface area contributed by atoms with Crippen molar-refractivity contribution < 1.29 is 44.5 Å². The number of aromatic nitrogens is 2. The number of hydrogen-bond acceptors (Lipinski definition) is 7. The maximum Gasteiger partial charge on any atom is 0.417 e. The number of carbonyl (C=O) groups is 1. The van der Waals surface area contributed by atoms with Crippen LogP contribution in [0.1, 0.15) is 41.9 Å². The molecule has 2 amide bonds. The van der Waals surface area contributed by atoms with E-state index in [9.17, 15) is 39.9 Å². The number of amides is 2. The second kappa shape index (κ2) is 15.0. The zero-order valence-electron chi connectivity index (χ0n) is 27.7. The molecule has 1 aromatic heterocycles. The van der Waals surface area contributed by atoms with Crippen LogP contribution in [-0.2, 0) is 38.3 Å². The number of benzene rings is 4. The van der Waals surface area contributed by atoms with Gasteiger partial charge in [-0.25, -0.2) is 22.9 Å². The minimum absolute atomic E-state index is 0.0220. The van der Waals surface area contributed by atoms with Gasteiger partial charge in [-0.15, -0.1) is 0 Å². The predicted molar refractivity (Wildman–Crippen MR) is 186 cm³/mol. The van der Waals surface area contributed by atoms with E-state index in [2.05, 4.69) is 10.3 Å². The number of carbonyl (C=O) groups excluding carboxylic acids is 1. The van der Waals surface area contributed by atoms with Gasteiger partial charge in [-0.05, 0) is 88.2 Å². The topological polar surface area (TPSA) is 168 Å². The van der Waals surface area contributed by atoms with E-state index in [0.717, 1.165) is 22.8 Å². The number of fused-ring (bicyclic) bond motifs is 1. The van der Waals surface area contributed by atoms with Crippen LogP contribution in [0.2, 0.25) is 5.02 Å². The zero-order valence-corrected chi connectivity index (χ0v) is 30.0. The van der Waals surface area contributed by atoms with Crippen LogP contribution in [0.4, 0.5) is 18.0 Å². The Balaban J connectivity index is 0.000000452. The first kappa shape index (κ1) is 39.3. The third kappa shape index (κ3) is 10.1. The molecule has 11 nitrogen and oxygen atoms in total. The molecule has 0 aliphatic rings. The van der Waals surface area contributed by atoms with E-state index in [4.69, 9.17) is 16.2 Å². The summed E-state index contributed by atoms with van der Waals surface area (Å²) in [5.74, 6) is 0.124. The number of alkyl halides is 3. The predicted octanol–water partition coefficient (Wildman–Crippen LogP) is 6.71. The Morgan fingerprint density at radius 1 is 0.863 bits per heavy atom. The fourth-order valence-electron chi connectivity index (χ4n) is 4.76. The molecule has 272 valence electrons. The van der Waals surface area contributed by atoms with Crippen LogP contribution in [0.5, 0.6) is 0 Å². The highest BCUT2D eigenvalue weighted by molar-refractivity contribution is 7.90. The van der Waals surface area contributed by atoms with E-state index in [1.54, 1.807) is 48.5 Å². The van der Waals surface area contributed by atoms with Crippen LogP contribution in [0.3, 0.4) is 0 Å². The Bertz CT molecular complexity index is 2250. The zero-order chi connectivity index (χ0) is 37.9. The van der Waals surface area contributed by atoms with Gasteiger partial charge < -0.3 is 10.4 Å². The average molecular weight is 767 g/mol. The van der Waals surface area contributed by atoms with Crippen molar-refractivity contribution in [3.8, 4) is 5.69 Å². The smallest absolute Gasteiger partial charge is 0.382 e. The number of aliphatic hydroxyl groups is 1. The Morgan fingerprint density at radius 2 is 1.39 bits per heavy atom. The van der Waals surface area contributed by atoms with Crippen LogP contribution in [0.25, 0.3) is 16.7 Å². The average Bonchev–Trinajstić information content (AvgIpc) is 3.40. The molecule has 1 heterocycles. The van der Waals surface area contributed by atoms with Crippen molar-refractivity contribution in [2.75, 3.05) is 6.54 Å². The van der Waals surface area contributed by atoms with Crippen molar-refractivity contribution in [1.29, 1.82) is 0 Å². The summed E-state index contributed by atoms with van der Waals surface area (Å²) in [7, 11) is -8.03. The van der Waals surface area contributed by atoms with Gasteiger partial charge in [0.15, 0.2) is 0 Å². The van der Waals surface area contributed by atoms with Crippen LogP contribution in [0.15, 0.2) is 94.7 Å². The molecule has 0 aliphatic carbocycles. The van der Waals surface area contributed by atoms with E-state index in [-0.39, 0.29) is 33.2 Å². The fourth-order valence-corrected chi connectivity index (χ4v) is 6.44. The van der Waals surface area contributed by atoms with Crippen molar-refractivity contribution in [3.63, 3.8) is 0 Å². The van der Waals surface area contributed by atoms with Crippen LogP contribution < -0.4 is 10.0 Å². The summed E-state index contributed by atoms with van der Waals surface area (Å²) in [6, 6.07) is 20.1. The monoisotopic (exact) mass is 766 g/mol. The highest BCUT2D eigenvalue weighted by Gasteiger charge is 2.35.